The SMILES string of the molecule is C=CCSC1=NC(=Cc2cccc(OC(C)=O)c2)C(=O)S1. The summed E-state index contributed by atoms with van der Waals surface area (Å²) in [7, 11) is 0. The van der Waals surface area contributed by atoms with Gasteiger partial charge in [0.25, 0.3) is 0 Å². The maximum absolute atomic E-state index is 11.9. The highest BCUT2D eigenvalue weighted by atomic mass is 32.2. The summed E-state index contributed by atoms with van der Waals surface area (Å²) in [4.78, 5) is 27.1. The standard InChI is InChI=1S/C15H13NO3S2/c1-3-7-20-15-16-13(14(18)21-15)9-11-5-4-6-12(8-11)19-10(2)17/h3-6,8-9H,1,7H2,2H3. The van der Waals surface area contributed by atoms with E-state index in [-0.39, 0.29) is 11.1 Å². The summed E-state index contributed by atoms with van der Waals surface area (Å²) < 4.78 is 5.74. The van der Waals surface area contributed by atoms with E-state index < -0.39 is 0 Å². The second kappa shape index (κ2) is 7.28. The lowest BCUT2D eigenvalue weighted by molar-refractivity contribution is -0.131. The molecule has 1 heterocycles. The molecule has 0 atom stereocenters. The lowest BCUT2D eigenvalue weighted by atomic mass is 10.2. The van der Waals surface area contributed by atoms with Gasteiger partial charge in [-0.2, -0.15) is 0 Å². The first-order chi connectivity index (χ1) is 10.1. The monoisotopic (exact) mass is 319 g/mol. The molecule has 0 spiro atoms. The smallest absolute Gasteiger partial charge is 0.308 e. The number of rotatable bonds is 4. The van der Waals surface area contributed by atoms with E-state index in [0.29, 0.717) is 17.2 Å². The third kappa shape index (κ3) is 4.61. The van der Waals surface area contributed by atoms with Crippen LogP contribution in [0.3, 0.4) is 0 Å². The van der Waals surface area contributed by atoms with Crippen LogP contribution in [0.25, 0.3) is 6.08 Å². The molecule has 1 aromatic carbocycles. The number of nitrogens with zero attached hydrogens (tertiary/aromatic N) is 1. The van der Waals surface area contributed by atoms with Crippen LogP contribution in [-0.4, -0.2) is 21.2 Å². The summed E-state index contributed by atoms with van der Waals surface area (Å²) in [6, 6.07) is 6.96. The normalized spacial score (nSPS) is 16.0. The fraction of sp³-hybridized carbons (Fsp3) is 0.133. The van der Waals surface area contributed by atoms with Gasteiger partial charge in [0, 0.05) is 12.7 Å². The van der Waals surface area contributed by atoms with Crippen LogP contribution >= 0.6 is 23.5 Å². The summed E-state index contributed by atoms with van der Waals surface area (Å²) >= 11 is 2.60. The molecular formula is C15H13NO3S2. The first-order valence-electron chi connectivity index (χ1n) is 6.13. The number of hydrogen-bond acceptors (Lipinski definition) is 6. The van der Waals surface area contributed by atoms with Crippen LogP contribution in [0, 0.1) is 0 Å². The van der Waals surface area contributed by atoms with Gasteiger partial charge in [0.1, 0.15) is 15.8 Å². The number of benzene rings is 1. The van der Waals surface area contributed by atoms with Crippen molar-refractivity contribution in [2.24, 2.45) is 4.99 Å². The van der Waals surface area contributed by atoms with Gasteiger partial charge in [-0.15, -0.1) is 6.58 Å². The second-order valence-electron chi connectivity index (χ2n) is 4.06. The van der Waals surface area contributed by atoms with Gasteiger partial charge in [-0.25, -0.2) is 4.99 Å². The molecule has 0 unspecified atom stereocenters. The number of carbonyl (C=O) groups is 2. The Balaban J connectivity index is 2.18. The van der Waals surface area contributed by atoms with Crippen LogP contribution in [0.5, 0.6) is 5.75 Å². The lowest BCUT2D eigenvalue weighted by Gasteiger charge is -2.01. The zero-order valence-corrected chi connectivity index (χ0v) is 13.0. The Morgan fingerprint density at radius 1 is 1.52 bits per heavy atom. The van der Waals surface area contributed by atoms with Gasteiger partial charge >= 0.3 is 5.97 Å². The molecule has 0 aliphatic carbocycles. The van der Waals surface area contributed by atoms with E-state index in [0.717, 1.165) is 21.7 Å². The quantitative estimate of drug-likeness (QED) is 0.368. The second-order valence-corrected chi connectivity index (χ2v) is 6.29. The van der Waals surface area contributed by atoms with E-state index >= 15 is 0 Å². The van der Waals surface area contributed by atoms with Gasteiger partial charge in [-0.1, -0.05) is 30.0 Å². The number of ether oxygens (including phenoxy) is 1. The van der Waals surface area contributed by atoms with Crippen LogP contribution in [0.2, 0.25) is 0 Å². The van der Waals surface area contributed by atoms with Gasteiger partial charge in [0.2, 0.25) is 5.12 Å². The third-order valence-electron chi connectivity index (χ3n) is 2.35. The van der Waals surface area contributed by atoms with Crippen LogP contribution in [-0.2, 0) is 9.59 Å². The van der Waals surface area contributed by atoms with Crippen molar-refractivity contribution in [2.45, 2.75) is 6.92 Å². The number of hydrogen-bond donors (Lipinski definition) is 0. The van der Waals surface area contributed by atoms with Crippen molar-refractivity contribution < 1.29 is 14.3 Å². The molecule has 0 bridgehead atoms. The van der Waals surface area contributed by atoms with Crippen molar-refractivity contribution in [2.75, 3.05) is 5.75 Å². The molecular weight excluding hydrogens is 306 g/mol. The molecule has 0 aromatic heterocycles. The average Bonchev–Trinajstić information content (AvgIpc) is 2.76. The van der Waals surface area contributed by atoms with Crippen molar-refractivity contribution in [3.63, 3.8) is 0 Å². The summed E-state index contributed by atoms with van der Waals surface area (Å²) in [5.41, 5.74) is 1.16. The highest BCUT2D eigenvalue weighted by molar-refractivity contribution is 8.45. The van der Waals surface area contributed by atoms with Crippen molar-refractivity contribution in [3.8, 4) is 5.75 Å². The van der Waals surface area contributed by atoms with Gasteiger partial charge < -0.3 is 4.74 Å². The van der Waals surface area contributed by atoms with Crippen molar-refractivity contribution in [3.05, 3.63) is 48.2 Å². The summed E-state index contributed by atoms with van der Waals surface area (Å²) in [6.45, 7) is 4.98. The summed E-state index contributed by atoms with van der Waals surface area (Å²) in [5, 5.41) is -0.0838. The number of carbonyl (C=O) groups excluding carboxylic acids is 2. The van der Waals surface area contributed by atoms with Crippen LogP contribution in [0.4, 0.5) is 0 Å². The molecule has 4 nitrogen and oxygen atoms in total. The molecule has 1 aliphatic rings. The van der Waals surface area contributed by atoms with Crippen LogP contribution in [0.1, 0.15) is 12.5 Å². The molecule has 0 saturated heterocycles. The molecule has 1 aliphatic heterocycles. The minimum absolute atomic E-state index is 0.0838. The van der Waals surface area contributed by atoms with Crippen molar-refractivity contribution in [1.82, 2.24) is 0 Å². The van der Waals surface area contributed by atoms with Gasteiger partial charge in [0.15, 0.2) is 0 Å². The number of aliphatic imine (C=N–C) groups is 1. The topological polar surface area (TPSA) is 55.7 Å². The Labute approximate surface area is 131 Å². The Kier molecular flexibility index (Phi) is 5.41. The lowest BCUT2D eigenvalue weighted by Crippen LogP contribution is -2.01. The highest BCUT2D eigenvalue weighted by Crippen LogP contribution is 2.31. The molecule has 0 radical (unpaired) electrons. The van der Waals surface area contributed by atoms with Gasteiger partial charge in [-0.05, 0) is 35.5 Å². The predicted molar refractivity (Wildman–Crippen MR) is 88.4 cm³/mol. The Hall–Kier alpha value is -1.79. The molecule has 0 amide bonds. The predicted octanol–water partition coefficient (Wildman–Crippen LogP) is 3.50. The molecule has 2 rings (SSSR count). The average molecular weight is 319 g/mol. The minimum Gasteiger partial charge on any atom is -0.427 e. The van der Waals surface area contributed by atoms with Gasteiger partial charge in [-0.3, -0.25) is 9.59 Å². The zero-order valence-electron chi connectivity index (χ0n) is 11.4. The van der Waals surface area contributed by atoms with E-state index in [1.807, 2.05) is 6.07 Å². The largest absolute Gasteiger partial charge is 0.427 e. The van der Waals surface area contributed by atoms with Crippen LogP contribution < -0.4 is 4.74 Å². The van der Waals surface area contributed by atoms with Crippen LogP contribution in [0.15, 0.2) is 47.6 Å². The van der Waals surface area contributed by atoms with E-state index in [2.05, 4.69) is 11.6 Å². The third-order valence-corrected chi connectivity index (χ3v) is 4.35. The number of thioether (sulfide) groups is 2. The van der Waals surface area contributed by atoms with E-state index in [1.54, 1.807) is 30.4 Å². The molecule has 1 aromatic rings. The maximum Gasteiger partial charge on any atom is 0.308 e. The Morgan fingerprint density at radius 3 is 3.05 bits per heavy atom. The molecule has 6 heteroatoms. The first-order valence-corrected chi connectivity index (χ1v) is 7.93. The Bertz CT molecular complexity index is 650. The van der Waals surface area contributed by atoms with E-state index in [1.165, 1.54) is 18.7 Å². The summed E-state index contributed by atoms with van der Waals surface area (Å²) in [5.74, 6) is 0.780. The fourth-order valence-corrected chi connectivity index (χ4v) is 3.18. The highest BCUT2D eigenvalue weighted by Gasteiger charge is 2.22. The van der Waals surface area contributed by atoms with Crippen molar-refractivity contribution >= 4 is 45.1 Å². The summed E-state index contributed by atoms with van der Waals surface area (Å²) in [6.07, 6.45) is 3.45. The molecule has 0 fully saturated rings. The van der Waals surface area contributed by atoms with E-state index in [9.17, 15) is 9.59 Å². The molecule has 0 saturated carbocycles. The van der Waals surface area contributed by atoms with E-state index in [4.69, 9.17) is 4.74 Å². The maximum atomic E-state index is 11.9. The zero-order chi connectivity index (χ0) is 15.2. The van der Waals surface area contributed by atoms with Crippen molar-refractivity contribution in [1.29, 1.82) is 0 Å². The van der Waals surface area contributed by atoms with Gasteiger partial charge in [0.05, 0.1) is 0 Å². The molecule has 0 N–H and O–H groups in total. The number of esters is 1. The molecule has 108 valence electrons. The molecule has 21 heavy (non-hydrogen) atoms. The Morgan fingerprint density at radius 2 is 2.33 bits per heavy atom. The first kappa shape index (κ1) is 15.6. The fourth-order valence-electron chi connectivity index (χ4n) is 1.57. The minimum atomic E-state index is -0.381.